The van der Waals surface area contributed by atoms with Crippen molar-refractivity contribution in [3.8, 4) is 11.3 Å². The Morgan fingerprint density at radius 3 is 2.36 bits per heavy atom. The fourth-order valence-electron chi connectivity index (χ4n) is 2.96. The molecule has 2 amide bonds. The lowest BCUT2D eigenvalue weighted by Gasteiger charge is -2.05. The van der Waals surface area contributed by atoms with Crippen LogP contribution in [0.4, 0.5) is 5.13 Å². The SMILES string of the molecule is CC(=O)NCCc1ccc(-c2csc(NC(=O)c3cc(C)cc(C)c3)n2)cc1. The molecular formula is C22H23N3O2S. The summed E-state index contributed by atoms with van der Waals surface area (Å²) in [7, 11) is 0. The molecule has 0 atom stereocenters. The molecule has 0 aliphatic carbocycles. The number of nitrogens with one attached hydrogen (secondary N) is 2. The van der Waals surface area contributed by atoms with Crippen LogP contribution in [0, 0.1) is 13.8 Å². The molecule has 1 heterocycles. The molecule has 2 aromatic carbocycles. The Balaban J connectivity index is 1.65. The number of carbonyl (C=O) groups is 2. The third kappa shape index (κ3) is 5.27. The van der Waals surface area contributed by atoms with Gasteiger partial charge in [-0.05, 0) is 38.0 Å². The number of amides is 2. The zero-order valence-corrected chi connectivity index (χ0v) is 17.0. The normalized spacial score (nSPS) is 10.5. The molecule has 0 aliphatic rings. The van der Waals surface area contributed by atoms with E-state index in [1.165, 1.54) is 18.3 Å². The number of aryl methyl sites for hydroxylation is 2. The molecule has 6 heteroatoms. The fraction of sp³-hybridized carbons (Fsp3) is 0.227. The summed E-state index contributed by atoms with van der Waals surface area (Å²) in [6, 6.07) is 13.9. The van der Waals surface area contributed by atoms with Crippen molar-refractivity contribution in [3.63, 3.8) is 0 Å². The number of nitrogens with zero attached hydrogens (tertiary/aromatic N) is 1. The van der Waals surface area contributed by atoms with E-state index in [4.69, 9.17) is 0 Å². The molecule has 0 fully saturated rings. The highest BCUT2D eigenvalue weighted by Crippen LogP contribution is 2.25. The lowest BCUT2D eigenvalue weighted by atomic mass is 10.1. The molecule has 0 bridgehead atoms. The van der Waals surface area contributed by atoms with Crippen molar-refractivity contribution in [3.05, 3.63) is 70.1 Å². The minimum Gasteiger partial charge on any atom is -0.356 e. The molecule has 0 saturated carbocycles. The van der Waals surface area contributed by atoms with Gasteiger partial charge in [-0.2, -0.15) is 0 Å². The average Bonchev–Trinajstić information content (AvgIpc) is 3.09. The van der Waals surface area contributed by atoms with E-state index >= 15 is 0 Å². The van der Waals surface area contributed by atoms with Gasteiger partial charge in [-0.3, -0.25) is 14.9 Å². The molecule has 1 aromatic heterocycles. The molecule has 144 valence electrons. The van der Waals surface area contributed by atoms with Gasteiger partial charge < -0.3 is 5.32 Å². The molecule has 0 radical (unpaired) electrons. The second kappa shape index (κ2) is 8.80. The van der Waals surface area contributed by atoms with Crippen LogP contribution in [0.3, 0.4) is 0 Å². The molecule has 0 saturated heterocycles. The number of hydrogen-bond donors (Lipinski definition) is 2. The molecular weight excluding hydrogens is 370 g/mol. The Morgan fingerprint density at radius 2 is 1.71 bits per heavy atom. The summed E-state index contributed by atoms with van der Waals surface area (Å²) >= 11 is 1.41. The van der Waals surface area contributed by atoms with Crippen molar-refractivity contribution in [2.24, 2.45) is 0 Å². The standard InChI is InChI=1S/C22H23N3O2S/c1-14-10-15(2)12-19(11-14)21(27)25-22-24-20(13-28-22)18-6-4-17(5-7-18)8-9-23-16(3)26/h4-7,10-13H,8-9H2,1-3H3,(H,23,26)(H,24,25,27). The highest BCUT2D eigenvalue weighted by atomic mass is 32.1. The van der Waals surface area contributed by atoms with Crippen LogP contribution in [-0.4, -0.2) is 23.3 Å². The van der Waals surface area contributed by atoms with E-state index in [9.17, 15) is 9.59 Å². The number of rotatable bonds is 6. The lowest BCUT2D eigenvalue weighted by Crippen LogP contribution is -2.22. The molecule has 0 unspecified atom stereocenters. The summed E-state index contributed by atoms with van der Waals surface area (Å²) in [6.45, 7) is 6.10. The molecule has 5 nitrogen and oxygen atoms in total. The average molecular weight is 394 g/mol. The number of benzene rings is 2. The van der Waals surface area contributed by atoms with E-state index < -0.39 is 0 Å². The third-order valence-corrected chi connectivity index (χ3v) is 5.00. The van der Waals surface area contributed by atoms with E-state index in [0.29, 0.717) is 17.2 Å². The maximum Gasteiger partial charge on any atom is 0.257 e. The van der Waals surface area contributed by atoms with Gasteiger partial charge >= 0.3 is 0 Å². The summed E-state index contributed by atoms with van der Waals surface area (Å²) in [4.78, 5) is 27.9. The van der Waals surface area contributed by atoms with Crippen LogP contribution in [0.25, 0.3) is 11.3 Å². The van der Waals surface area contributed by atoms with Crippen molar-refractivity contribution in [1.82, 2.24) is 10.3 Å². The first kappa shape index (κ1) is 19.8. The number of thiazole rings is 1. The van der Waals surface area contributed by atoms with Crippen molar-refractivity contribution in [1.29, 1.82) is 0 Å². The van der Waals surface area contributed by atoms with Gasteiger partial charge in [0, 0.05) is 30.0 Å². The lowest BCUT2D eigenvalue weighted by molar-refractivity contribution is -0.118. The molecule has 0 aliphatic heterocycles. The van der Waals surface area contributed by atoms with Crippen LogP contribution in [-0.2, 0) is 11.2 Å². The van der Waals surface area contributed by atoms with Crippen LogP contribution in [0.5, 0.6) is 0 Å². The molecule has 2 N–H and O–H groups in total. The van der Waals surface area contributed by atoms with Gasteiger partial charge in [0.05, 0.1) is 5.69 Å². The fourth-order valence-corrected chi connectivity index (χ4v) is 3.68. The Morgan fingerprint density at radius 1 is 1.04 bits per heavy atom. The maximum absolute atomic E-state index is 12.5. The summed E-state index contributed by atoms with van der Waals surface area (Å²) in [5.41, 5.74) is 5.72. The third-order valence-electron chi connectivity index (χ3n) is 4.25. The van der Waals surface area contributed by atoms with Crippen molar-refractivity contribution in [2.75, 3.05) is 11.9 Å². The van der Waals surface area contributed by atoms with E-state index in [-0.39, 0.29) is 11.8 Å². The minimum absolute atomic E-state index is 0.0190. The van der Waals surface area contributed by atoms with Gasteiger partial charge in [0.25, 0.3) is 5.91 Å². The van der Waals surface area contributed by atoms with Gasteiger partial charge in [0.1, 0.15) is 0 Å². The molecule has 3 rings (SSSR count). The van der Waals surface area contributed by atoms with Gasteiger partial charge in [-0.15, -0.1) is 11.3 Å². The van der Waals surface area contributed by atoms with E-state index in [1.807, 2.05) is 61.7 Å². The van der Waals surface area contributed by atoms with E-state index in [1.54, 1.807) is 0 Å². The number of carbonyl (C=O) groups excluding carboxylic acids is 2. The number of anilines is 1. The highest BCUT2D eigenvalue weighted by molar-refractivity contribution is 7.14. The van der Waals surface area contributed by atoms with Gasteiger partial charge in [-0.25, -0.2) is 4.98 Å². The number of hydrogen-bond acceptors (Lipinski definition) is 4. The largest absolute Gasteiger partial charge is 0.356 e. The molecule has 0 spiro atoms. The predicted molar refractivity (Wildman–Crippen MR) is 114 cm³/mol. The Labute approximate surface area is 168 Å². The summed E-state index contributed by atoms with van der Waals surface area (Å²) in [5.74, 6) is -0.171. The van der Waals surface area contributed by atoms with Gasteiger partial charge in [0.15, 0.2) is 5.13 Å². The van der Waals surface area contributed by atoms with Gasteiger partial charge in [-0.1, -0.05) is 41.5 Å². The first-order valence-corrected chi connectivity index (χ1v) is 9.97. The minimum atomic E-state index is -0.152. The monoisotopic (exact) mass is 393 g/mol. The summed E-state index contributed by atoms with van der Waals surface area (Å²) < 4.78 is 0. The second-order valence-electron chi connectivity index (χ2n) is 6.80. The summed E-state index contributed by atoms with van der Waals surface area (Å²) in [5, 5.41) is 8.18. The smallest absolute Gasteiger partial charge is 0.257 e. The molecule has 3 aromatic rings. The molecule has 28 heavy (non-hydrogen) atoms. The second-order valence-corrected chi connectivity index (χ2v) is 7.66. The van der Waals surface area contributed by atoms with Crippen molar-refractivity contribution in [2.45, 2.75) is 27.2 Å². The van der Waals surface area contributed by atoms with Gasteiger partial charge in [0.2, 0.25) is 5.91 Å². The predicted octanol–water partition coefficient (Wildman–Crippen LogP) is 4.36. The zero-order valence-electron chi connectivity index (χ0n) is 16.2. The van der Waals surface area contributed by atoms with Crippen LogP contribution in [0.15, 0.2) is 47.8 Å². The van der Waals surface area contributed by atoms with Crippen LogP contribution >= 0.6 is 11.3 Å². The zero-order chi connectivity index (χ0) is 20.1. The van der Waals surface area contributed by atoms with E-state index in [2.05, 4.69) is 15.6 Å². The van der Waals surface area contributed by atoms with Crippen LogP contribution in [0.1, 0.15) is 34.0 Å². The quantitative estimate of drug-likeness (QED) is 0.654. The first-order valence-electron chi connectivity index (χ1n) is 9.09. The first-order chi connectivity index (χ1) is 13.4. The topological polar surface area (TPSA) is 71.1 Å². The summed E-state index contributed by atoms with van der Waals surface area (Å²) in [6.07, 6.45) is 0.786. The number of aromatic nitrogens is 1. The maximum atomic E-state index is 12.5. The van der Waals surface area contributed by atoms with Crippen molar-refractivity contribution >= 4 is 28.3 Å². The Kier molecular flexibility index (Phi) is 6.21. The Bertz CT molecular complexity index is 973. The highest BCUT2D eigenvalue weighted by Gasteiger charge is 2.11. The van der Waals surface area contributed by atoms with Crippen LogP contribution < -0.4 is 10.6 Å². The Hall–Kier alpha value is -2.99. The van der Waals surface area contributed by atoms with Crippen LogP contribution in [0.2, 0.25) is 0 Å². The van der Waals surface area contributed by atoms with E-state index in [0.717, 1.165) is 34.4 Å². The van der Waals surface area contributed by atoms with Crippen molar-refractivity contribution < 1.29 is 9.59 Å².